The van der Waals surface area contributed by atoms with Crippen molar-refractivity contribution in [1.82, 2.24) is 14.7 Å². The summed E-state index contributed by atoms with van der Waals surface area (Å²) in [7, 11) is 0. The smallest absolute Gasteiger partial charge is 0.320 e. The lowest BCUT2D eigenvalue weighted by Crippen LogP contribution is -2.55. The van der Waals surface area contributed by atoms with Crippen LogP contribution in [0.15, 0.2) is 24.3 Å². The highest BCUT2D eigenvalue weighted by Crippen LogP contribution is 2.13. The Labute approximate surface area is 148 Å². The lowest BCUT2D eigenvalue weighted by atomic mass is 10.2. The topological polar surface area (TPSA) is 65.1 Å². The molecular weight excluding hydrogens is 320 g/mol. The summed E-state index contributed by atoms with van der Waals surface area (Å²) in [5, 5.41) is 2.96. The summed E-state index contributed by atoms with van der Waals surface area (Å²) in [6.07, 6.45) is 0. The second-order valence-corrected chi connectivity index (χ2v) is 6.51. The number of carbonyl (C=O) groups excluding carboxylic acids is 2. The molecule has 3 amide bonds. The third-order valence-corrected chi connectivity index (χ3v) is 4.71. The molecule has 2 aliphatic heterocycles. The van der Waals surface area contributed by atoms with Gasteiger partial charge in [0.2, 0.25) is 5.91 Å². The Morgan fingerprint density at radius 1 is 1.00 bits per heavy atom. The van der Waals surface area contributed by atoms with Crippen molar-refractivity contribution in [1.29, 1.82) is 0 Å². The molecule has 136 valence electrons. The molecule has 1 aromatic carbocycles. The number of urea groups is 1. The van der Waals surface area contributed by atoms with Crippen molar-refractivity contribution in [3.05, 3.63) is 29.8 Å². The van der Waals surface area contributed by atoms with E-state index in [0.717, 1.165) is 24.3 Å². The van der Waals surface area contributed by atoms with Gasteiger partial charge in [0.15, 0.2) is 0 Å². The van der Waals surface area contributed by atoms with E-state index in [9.17, 15) is 9.59 Å². The standard InChI is InChI=1S/C18H26N4O3/c1-15-4-2-3-5-16(15)19-17(23)14-20-6-8-21(9-7-20)18(24)22-10-12-25-13-11-22/h2-5H,6-14H2,1H3,(H,19,23). The van der Waals surface area contributed by atoms with Crippen LogP contribution in [-0.4, -0.2) is 85.7 Å². The van der Waals surface area contributed by atoms with Gasteiger partial charge in [0.1, 0.15) is 0 Å². The molecule has 2 aliphatic rings. The van der Waals surface area contributed by atoms with Crippen LogP contribution in [0.25, 0.3) is 0 Å². The molecule has 0 aromatic heterocycles. The maximum absolute atomic E-state index is 12.5. The number of hydrogen-bond acceptors (Lipinski definition) is 4. The fourth-order valence-corrected chi connectivity index (χ4v) is 3.16. The molecular formula is C18H26N4O3. The summed E-state index contributed by atoms with van der Waals surface area (Å²) in [6.45, 7) is 7.65. The van der Waals surface area contributed by atoms with E-state index in [4.69, 9.17) is 4.74 Å². The van der Waals surface area contributed by atoms with E-state index in [2.05, 4.69) is 10.2 Å². The number of morpholine rings is 1. The third-order valence-electron chi connectivity index (χ3n) is 4.71. The van der Waals surface area contributed by atoms with Crippen LogP contribution in [0, 0.1) is 6.92 Å². The molecule has 0 spiro atoms. The van der Waals surface area contributed by atoms with Gasteiger partial charge in [0.25, 0.3) is 0 Å². The van der Waals surface area contributed by atoms with Gasteiger partial charge in [-0.2, -0.15) is 0 Å². The molecule has 0 bridgehead atoms. The Morgan fingerprint density at radius 3 is 2.32 bits per heavy atom. The molecule has 3 rings (SSSR count). The first-order valence-electron chi connectivity index (χ1n) is 8.83. The SMILES string of the molecule is Cc1ccccc1NC(=O)CN1CCN(C(=O)N2CCOCC2)CC1. The average Bonchev–Trinajstić information content (AvgIpc) is 2.64. The number of nitrogens with zero attached hydrogens (tertiary/aromatic N) is 3. The van der Waals surface area contributed by atoms with Gasteiger partial charge < -0.3 is 19.9 Å². The summed E-state index contributed by atoms with van der Waals surface area (Å²) >= 11 is 0. The van der Waals surface area contributed by atoms with Gasteiger partial charge >= 0.3 is 6.03 Å². The summed E-state index contributed by atoms with van der Waals surface area (Å²) in [4.78, 5) is 30.5. The van der Waals surface area contributed by atoms with Crippen molar-refractivity contribution in [3.8, 4) is 0 Å². The molecule has 0 unspecified atom stereocenters. The highest BCUT2D eigenvalue weighted by Gasteiger charge is 2.26. The molecule has 1 N–H and O–H groups in total. The monoisotopic (exact) mass is 346 g/mol. The van der Waals surface area contributed by atoms with E-state index in [-0.39, 0.29) is 11.9 Å². The van der Waals surface area contributed by atoms with E-state index in [0.29, 0.717) is 45.9 Å². The number of piperazine rings is 1. The lowest BCUT2D eigenvalue weighted by molar-refractivity contribution is -0.117. The quantitative estimate of drug-likeness (QED) is 0.887. The highest BCUT2D eigenvalue weighted by molar-refractivity contribution is 5.92. The van der Waals surface area contributed by atoms with Crippen molar-refractivity contribution in [2.45, 2.75) is 6.92 Å². The number of benzene rings is 1. The van der Waals surface area contributed by atoms with Gasteiger partial charge in [-0.05, 0) is 18.6 Å². The van der Waals surface area contributed by atoms with Crippen molar-refractivity contribution in [3.63, 3.8) is 0 Å². The van der Waals surface area contributed by atoms with Crippen LogP contribution in [0.1, 0.15) is 5.56 Å². The zero-order valence-corrected chi connectivity index (χ0v) is 14.7. The second-order valence-electron chi connectivity index (χ2n) is 6.51. The van der Waals surface area contributed by atoms with Crippen LogP contribution in [0.5, 0.6) is 0 Å². The van der Waals surface area contributed by atoms with E-state index in [1.165, 1.54) is 0 Å². The molecule has 2 saturated heterocycles. The van der Waals surface area contributed by atoms with Crippen LogP contribution in [-0.2, 0) is 9.53 Å². The van der Waals surface area contributed by atoms with E-state index >= 15 is 0 Å². The first-order valence-corrected chi connectivity index (χ1v) is 8.83. The number of para-hydroxylation sites is 1. The summed E-state index contributed by atoms with van der Waals surface area (Å²) in [6, 6.07) is 7.85. The molecule has 2 fully saturated rings. The molecule has 7 nitrogen and oxygen atoms in total. The van der Waals surface area contributed by atoms with Gasteiger partial charge in [-0.1, -0.05) is 18.2 Å². The lowest BCUT2D eigenvalue weighted by Gasteiger charge is -2.38. The van der Waals surface area contributed by atoms with E-state index in [1.807, 2.05) is 41.0 Å². The number of carbonyl (C=O) groups is 2. The average molecular weight is 346 g/mol. The van der Waals surface area contributed by atoms with Gasteiger partial charge in [-0.15, -0.1) is 0 Å². The summed E-state index contributed by atoms with van der Waals surface area (Å²) < 4.78 is 5.29. The minimum Gasteiger partial charge on any atom is -0.378 e. The van der Waals surface area contributed by atoms with Crippen LogP contribution < -0.4 is 5.32 Å². The summed E-state index contributed by atoms with van der Waals surface area (Å²) in [5.41, 5.74) is 1.91. The largest absolute Gasteiger partial charge is 0.378 e. The summed E-state index contributed by atoms with van der Waals surface area (Å²) in [5.74, 6) is -0.0118. The number of anilines is 1. The van der Waals surface area contributed by atoms with Gasteiger partial charge in [-0.3, -0.25) is 9.69 Å². The normalized spacial score (nSPS) is 18.9. The molecule has 7 heteroatoms. The van der Waals surface area contributed by atoms with Crippen LogP contribution in [0.2, 0.25) is 0 Å². The predicted molar refractivity (Wildman–Crippen MR) is 95.6 cm³/mol. The van der Waals surface area contributed by atoms with Crippen LogP contribution in [0.4, 0.5) is 10.5 Å². The molecule has 2 heterocycles. The molecule has 25 heavy (non-hydrogen) atoms. The fraction of sp³-hybridized carbons (Fsp3) is 0.556. The Balaban J connectivity index is 1.43. The first kappa shape index (κ1) is 17.7. The van der Waals surface area contributed by atoms with E-state index < -0.39 is 0 Å². The number of amides is 3. The molecule has 0 saturated carbocycles. The molecule has 1 aromatic rings. The maximum Gasteiger partial charge on any atom is 0.320 e. The Bertz CT molecular complexity index is 608. The molecule has 0 atom stereocenters. The van der Waals surface area contributed by atoms with Crippen LogP contribution in [0.3, 0.4) is 0 Å². The predicted octanol–water partition coefficient (Wildman–Crippen LogP) is 1.00. The van der Waals surface area contributed by atoms with Gasteiger partial charge in [0, 0.05) is 45.0 Å². The van der Waals surface area contributed by atoms with E-state index in [1.54, 1.807) is 0 Å². The van der Waals surface area contributed by atoms with Crippen molar-refractivity contribution in [2.75, 3.05) is 64.3 Å². The molecule has 0 aliphatic carbocycles. The number of rotatable bonds is 3. The zero-order chi connectivity index (χ0) is 17.6. The van der Waals surface area contributed by atoms with Crippen molar-refractivity contribution in [2.24, 2.45) is 0 Å². The number of aryl methyl sites for hydroxylation is 1. The number of nitrogens with one attached hydrogen (secondary N) is 1. The maximum atomic E-state index is 12.5. The molecule has 0 radical (unpaired) electrons. The number of ether oxygens (including phenoxy) is 1. The van der Waals surface area contributed by atoms with Crippen molar-refractivity contribution < 1.29 is 14.3 Å². The zero-order valence-electron chi connectivity index (χ0n) is 14.7. The van der Waals surface area contributed by atoms with Crippen LogP contribution >= 0.6 is 0 Å². The Morgan fingerprint density at radius 2 is 1.64 bits per heavy atom. The Kier molecular flexibility index (Phi) is 5.88. The number of hydrogen-bond donors (Lipinski definition) is 1. The minimum absolute atomic E-state index is 0.0118. The fourth-order valence-electron chi connectivity index (χ4n) is 3.16. The first-order chi connectivity index (χ1) is 12.1. The van der Waals surface area contributed by atoms with Gasteiger partial charge in [0.05, 0.1) is 19.8 Å². The third kappa shape index (κ3) is 4.70. The second kappa shape index (κ2) is 8.31. The minimum atomic E-state index is -0.0118. The van der Waals surface area contributed by atoms with Crippen molar-refractivity contribution >= 4 is 17.6 Å². The highest BCUT2D eigenvalue weighted by atomic mass is 16.5. The Hall–Kier alpha value is -2.12. The van der Waals surface area contributed by atoms with Gasteiger partial charge in [-0.25, -0.2) is 4.79 Å².